The maximum atomic E-state index is 12.3. The lowest BCUT2D eigenvalue weighted by Gasteiger charge is -2.18. The molecule has 0 saturated heterocycles. The summed E-state index contributed by atoms with van der Waals surface area (Å²) < 4.78 is 0. The summed E-state index contributed by atoms with van der Waals surface area (Å²) in [4.78, 5) is 31.2. The zero-order valence-electron chi connectivity index (χ0n) is 12.1. The van der Waals surface area contributed by atoms with Gasteiger partial charge in [-0.25, -0.2) is 9.97 Å². The number of nitrogens with zero attached hydrogens (tertiary/aromatic N) is 2. The largest absolute Gasteiger partial charge is 0.481 e. The van der Waals surface area contributed by atoms with E-state index in [1.54, 1.807) is 0 Å². The van der Waals surface area contributed by atoms with Crippen LogP contribution in [0.5, 0.6) is 0 Å². The van der Waals surface area contributed by atoms with Gasteiger partial charge in [0.2, 0.25) is 0 Å². The Morgan fingerprint density at radius 2 is 1.90 bits per heavy atom. The molecule has 1 rings (SSSR count). The van der Waals surface area contributed by atoms with E-state index in [1.165, 1.54) is 18.7 Å². The summed E-state index contributed by atoms with van der Waals surface area (Å²) in [6, 6.07) is 0. The molecule has 0 aliphatic carbocycles. The van der Waals surface area contributed by atoms with E-state index in [2.05, 4.69) is 16.9 Å². The van der Waals surface area contributed by atoms with Crippen LogP contribution in [-0.4, -0.2) is 26.8 Å². The van der Waals surface area contributed by atoms with Gasteiger partial charge in [0, 0.05) is 12.4 Å². The molecule has 0 aromatic carbocycles. The maximum Gasteiger partial charge on any atom is 0.314 e. The monoisotopic (exact) mass is 278 g/mol. The molecule has 2 unspecified atom stereocenters. The van der Waals surface area contributed by atoms with Crippen molar-refractivity contribution in [3.8, 4) is 0 Å². The number of hydrogen-bond donors (Lipinski definition) is 1. The Labute approximate surface area is 119 Å². The molecule has 20 heavy (non-hydrogen) atoms. The maximum absolute atomic E-state index is 12.3. The van der Waals surface area contributed by atoms with E-state index in [0.29, 0.717) is 6.42 Å². The van der Waals surface area contributed by atoms with Crippen LogP contribution in [0.1, 0.15) is 56.3 Å². The van der Waals surface area contributed by atoms with Gasteiger partial charge in [-0.1, -0.05) is 39.5 Å². The van der Waals surface area contributed by atoms with Crippen LogP contribution in [0.3, 0.4) is 0 Å². The van der Waals surface area contributed by atoms with Gasteiger partial charge in [-0.15, -0.1) is 0 Å². The standard InChI is InChI=1S/C15H22N2O3/c1-3-5-6-11(4-2)7-13(15(19)20)14(18)12-8-16-10-17-9-12/h8-11,13H,3-7H2,1-2H3,(H,19,20). The summed E-state index contributed by atoms with van der Waals surface area (Å²) in [6.45, 7) is 4.14. The number of carboxylic acids is 1. The van der Waals surface area contributed by atoms with Gasteiger partial charge < -0.3 is 5.11 Å². The van der Waals surface area contributed by atoms with Crippen LogP contribution in [0, 0.1) is 11.8 Å². The highest BCUT2D eigenvalue weighted by Crippen LogP contribution is 2.24. The lowest BCUT2D eigenvalue weighted by atomic mass is 9.85. The van der Waals surface area contributed by atoms with E-state index < -0.39 is 17.7 Å². The fourth-order valence-corrected chi connectivity index (χ4v) is 2.26. The fraction of sp³-hybridized carbons (Fsp3) is 0.600. The number of aromatic nitrogens is 2. The van der Waals surface area contributed by atoms with Gasteiger partial charge in [0.15, 0.2) is 5.78 Å². The molecule has 1 aromatic heterocycles. The first-order chi connectivity index (χ1) is 9.60. The first-order valence-corrected chi connectivity index (χ1v) is 7.12. The SMILES string of the molecule is CCCCC(CC)CC(C(=O)O)C(=O)c1cncnc1. The molecule has 5 heteroatoms. The van der Waals surface area contributed by atoms with Crippen LogP contribution in [0.15, 0.2) is 18.7 Å². The predicted molar refractivity (Wildman–Crippen MR) is 75.4 cm³/mol. The van der Waals surface area contributed by atoms with Gasteiger partial charge in [0.05, 0.1) is 5.56 Å². The minimum Gasteiger partial charge on any atom is -0.481 e. The van der Waals surface area contributed by atoms with Crippen molar-refractivity contribution in [1.29, 1.82) is 0 Å². The van der Waals surface area contributed by atoms with Gasteiger partial charge in [-0.3, -0.25) is 9.59 Å². The first-order valence-electron chi connectivity index (χ1n) is 7.12. The normalized spacial score (nSPS) is 13.7. The number of ketones is 1. The van der Waals surface area contributed by atoms with Crippen molar-refractivity contribution in [2.45, 2.75) is 46.0 Å². The average molecular weight is 278 g/mol. The van der Waals surface area contributed by atoms with Gasteiger partial charge in [0.25, 0.3) is 0 Å². The topological polar surface area (TPSA) is 80.1 Å². The number of Topliss-reactive ketones (excluding diaryl/α,β-unsaturated/α-hetero) is 1. The Morgan fingerprint density at radius 3 is 2.40 bits per heavy atom. The van der Waals surface area contributed by atoms with Crippen molar-refractivity contribution < 1.29 is 14.7 Å². The molecule has 0 radical (unpaired) electrons. The van der Waals surface area contributed by atoms with Crippen molar-refractivity contribution in [1.82, 2.24) is 9.97 Å². The Hall–Kier alpha value is -1.78. The number of carboxylic acid groups (broad SMARTS) is 1. The summed E-state index contributed by atoms with van der Waals surface area (Å²) in [5.74, 6) is -2.19. The number of carbonyl (C=O) groups excluding carboxylic acids is 1. The van der Waals surface area contributed by atoms with Crippen molar-refractivity contribution in [3.05, 3.63) is 24.3 Å². The summed E-state index contributed by atoms with van der Waals surface area (Å²) in [7, 11) is 0. The van der Waals surface area contributed by atoms with Crippen molar-refractivity contribution in [2.24, 2.45) is 11.8 Å². The zero-order valence-corrected chi connectivity index (χ0v) is 12.1. The highest BCUT2D eigenvalue weighted by molar-refractivity contribution is 6.07. The van der Waals surface area contributed by atoms with Crippen molar-refractivity contribution in [2.75, 3.05) is 0 Å². The molecular formula is C15H22N2O3. The molecule has 2 atom stereocenters. The van der Waals surface area contributed by atoms with Crippen LogP contribution < -0.4 is 0 Å². The van der Waals surface area contributed by atoms with Gasteiger partial charge in [-0.2, -0.15) is 0 Å². The molecular weight excluding hydrogens is 256 g/mol. The summed E-state index contributed by atoms with van der Waals surface area (Å²) in [5, 5.41) is 9.31. The van der Waals surface area contributed by atoms with Crippen molar-refractivity contribution in [3.63, 3.8) is 0 Å². The minimum atomic E-state index is -1.06. The first kappa shape index (κ1) is 16.3. The second kappa shape index (κ2) is 8.40. The zero-order chi connectivity index (χ0) is 15.0. The van der Waals surface area contributed by atoms with Crippen molar-refractivity contribution >= 4 is 11.8 Å². The third kappa shape index (κ3) is 4.72. The van der Waals surface area contributed by atoms with E-state index in [9.17, 15) is 14.7 Å². The molecule has 110 valence electrons. The molecule has 0 bridgehead atoms. The summed E-state index contributed by atoms with van der Waals surface area (Å²) in [5.41, 5.74) is 0.269. The molecule has 0 fully saturated rings. The van der Waals surface area contributed by atoms with E-state index in [0.717, 1.165) is 25.7 Å². The van der Waals surface area contributed by atoms with Gasteiger partial charge in [-0.05, 0) is 12.3 Å². The molecule has 1 heterocycles. The quantitative estimate of drug-likeness (QED) is 0.555. The average Bonchev–Trinajstić information content (AvgIpc) is 2.47. The smallest absolute Gasteiger partial charge is 0.314 e. The third-order valence-corrected chi connectivity index (χ3v) is 3.57. The third-order valence-electron chi connectivity index (χ3n) is 3.57. The second-order valence-corrected chi connectivity index (χ2v) is 5.03. The molecule has 5 nitrogen and oxygen atoms in total. The molecule has 0 spiro atoms. The molecule has 0 aliphatic rings. The van der Waals surface area contributed by atoms with Crippen LogP contribution in [0.4, 0.5) is 0 Å². The second-order valence-electron chi connectivity index (χ2n) is 5.03. The number of carbonyl (C=O) groups is 2. The van der Waals surface area contributed by atoms with Gasteiger partial charge in [0.1, 0.15) is 12.2 Å². The molecule has 0 amide bonds. The summed E-state index contributed by atoms with van der Waals surface area (Å²) >= 11 is 0. The minimum absolute atomic E-state index is 0.268. The molecule has 1 aromatic rings. The predicted octanol–water partition coefficient (Wildman–Crippen LogP) is 2.97. The molecule has 1 N–H and O–H groups in total. The molecule has 0 aliphatic heterocycles. The highest BCUT2D eigenvalue weighted by atomic mass is 16.4. The van der Waals surface area contributed by atoms with E-state index >= 15 is 0 Å². The highest BCUT2D eigenvalue weighted by Gasteiger charge is 2.29. The van der Waals surface area contributed by atoms with E-state index in [1.807, 2.05) is 6.92 Å². The summed E-state index contributed by atoms with van der Waals surface area (Å²) in [6.07, 6.45) is 8.46. The fourth-order valence-electron chi connectivity index (χ4n) is 2.26. The Balaban J connectivity index is 2.78. The molecule has 0 saturated carbocycles. The van der Waals surface area contributed by atoms with Crippen LogP contribution in [-0.2, 0) is 4.79 Å². The lowest BCUT2D eigenvalue weighted by molar-refractivity contribution is -0.140. The Morgan fingerprint density at radius 1 is 1.25 bits per heavy atom. The van der Waals surface area contributed by atoms with Gasteiger partial charge >= 0.3 is 5.97 Å². The van der Waals surface area contributed by atoms with E-state index in [4.69, 9.17) is 0 Å². The Bertz CT molecular complexity index is 434. The van der Waals surface area contributed by atoms with Crippen LogP contribution in [0.2, 0.25) is 0 Å². The van der Waals surface area contributed by atoms with E-state index in [-0.39, 0.29) is 11.5 Å². The Kier molecular flexibility index (Phi) is 6.84. The lowest BCUT2D eigenvalue weighted by Crippen LogP contribution is -2.26. The number of aliphatic carboxylic acids is 1. The van der Waals surface area contributed by atoms with Crippen LogP contribution >= 0.6 is 0 Å². The number of unbranched alkanes of at least 4 members (excludes halogenated alkanes) is 1. The number of rotatable bonds is 9. The van der Waals surface area contributed by atoms with Crippen LogP contribution in [0.25, 0.3) is 0 Å². The number of hydrogen-bond acceptors (Lipinski definition) is 4.